The molecule has 0 fully saturated rings. The Morgan fingerprint density at radius 3 is 1.22 bits per heavy atom. The van der Waals surface area contributed by atoms with E-state index in [2.05, 4.69) is 13.2 Å². The number of fused-ring (bicyclic) bond motifs is 2. The molecule has 46 heavy (non-hydrogen) atoms. The predicted molar refractivity (Wildman–Crippen MR) is 175 cm³/mol. The summed E-state index contributed by atoms with van der Waals surface area (Å²) in [6.45, 7) is 7.45. The molecule has 0 radical (unpaired) electrons. The molecule has 0 bridgehead atoms. The third-order valence-electron chi connectivity index (χ3n) is 7.21. The highest BCUT2D eigenvalue weighted by Crippen LogP contribution is 2.28. The molecule has 0 atom stereocenters. The lowest BCUT2D eigenvalue weighted by molar-refractivity contribution is 0.474. The van der Waals surface area contributed by atoms with Crippen LogP contribution in [0.3, 0.4) is 0 Å². The standard InChI is InChI=1S/2C18H12N2O3/c2*1-2-11-10-20(13-3-5-14(21)6-4-13)18(23)17-12(9-19)7-15(22)8-16(11)17/h2*2-8,10,21-22H,1H2. The molecule has 0 aliphatic rings. The lowest BCUT2D eigenvalue weighted by Crippen LogP contribution is -2.19. The molecule has 6 aromatic rings. The Labute approximate surface area is 261 Å². The van der Waals surface area contributed by atoms with E-state index in [1.807, 2.05) is 12.1 Å². The van der Waals surface area contributed by atoms with Gasteiger partial charge in [0.1, 0.15) is 35.1 Å². The van der Waals surface area contributed by atoms with Crippen LogP contribution in [0.5, 0.6) is 23.0 Å². The molecular weight excluding hydrogens is 584 g/mol. The molecule has 0 unspecified atom stereocenters. The van der Waals surface area contributed by atoms with Crippen molar-refractivity contribution in [2.45, 2.75) is 0 Å². The van der Waals surface area contributed by atoms with Crippen molar-refractivity contribution in [2.24, 2.45) is 0 Å². The Bertz CT molecular complexity index is 2220. The van der Waals surface area contributed by atoms with Gasteiger partial charge in [-0.2, -0.15) is 10.5 Å². The van der Waals surface area contributed by atoms with Crippen LogP contribution >= 0.6 is 0 Å². The SMILES string of the molecule is C=Cc1cn(-c2ccc(O)cc2)c(=O)c2c(C#N)cc(O)cc12.C=Cc1cn(-c2ccc(O)cc2)c(=O)c2c(C#N)cc(O)cc12. The summed E-state index contributed by atoms with van der Waals surface area (Å²) in [5, 5.41) is 58.2. The van der Waals surface area contributed by atoms with Crippen molar-refractivity contribution in [1.82, 2.24) is 9.13 Å². The van der Waals surface area contributed by atoms with E-state index >= 15 is 0 Å². The first-order chi connectivity index (χ1) is 22.1. The van der Waals surface area contributed by atoms with Crippen molar-refractivity contribution >= 4 is 33.7 Å². The second-order valence-electron chi connectivity index (χ2n) is 10.0. The van der Waals surface area contributed by atoms with E-state index in [-0.39, 0.29) is 56.0 Å². The van der Waals surface area contributed by atoms with Gasteiger partial charge in [0.15, 0.2) is 0 Å². The molecule has 224 valence electrons. The molecule has 4 N–H and O–H groups in total. The van der Waals surface area contributed by atoms with Gasteiger partial charge in [0.05, 0.1) is 21.9 Å². The molecular formula is C36H24N4O6. The van der Waals surface area contributed by atoms with Gasteiger partial charge in [-0.1, -0.05) is 25.3 Å². The zero-order valence-corrected chi connectivity index (χ0v) is 24.0. The van der Waals surface area contributed by atoms with E-state index < -0.39 is 0 Å². The van der Waals surface area contributed by atoms with Crippen LogP contribution in [-0.2, 0) is 0 Å². The summed E-state index contributed by atoms with van der Waals surface area (Å²) < 4.78 is 2.77. The molecule has 0 aliphatic heterocycles. The van der Waals surface area contributed by atoms with Gasteiger partial charge in [0.2, 0.25) is 0 Å². The topological polar surface area (TPSA) is 172 Å². The number of pyridine rings is 2. The number of nitriles is 2. The summed E-state index contributed by atoms with van der Waals surface area (Å²) >= 11 is 0. The Hall–Kier alpha value is -7.04. The van der Waals surface area contributed by atoms with E-state index in [0.717, 1.165) is 0 Å². The third kappa shape index (κ3) is 5.53. The van der Waals surface area contributed by atoms with Gasteiger partial charge in [-0.05, 0) is 83.9 Å². The number of phenolic OH excluding ortho intramolecular Hbond substituents is 4. The summed E-state index contributed by atoms with van der Waals surface area (Å²) in [5.74, 6) is 0.0150. The van der Waals surface area contributed by atoms with E-state index in [1.165, 1.54) is 57.7 Å². The Kier molecular flexibility index (Phi) is 8.13. The molecule has 10 heteroatoms. The van der Waals surface area contributed by atoms with Crippen LogP contribution in [0.4, 0.5) is 0 Å². The van der Waals surface area contributed by atoms with Crippen molar-refractivity contribution in [1.29, 1.82) is 10.5 Å². The molecule has 0 amide bonds. The minimum Gasteiger partial charge on any atom is -0.508 e. The second-order valence-corrected chi connectivity index (χ2v) is 10.0. The fourth-order valence-electron chi connectivity index (χ4n) is 5.06. The highest BCUT2D eigenvalue weighted by molar-refractivity contribution is 5.95. The third-order valence-corrected chi connectivity index (χ3v) is 7.21. The number of phenols is 4. The number of hydrogen-bond donors (Lipinski definition) is 4. The van der Waals surface area contributed by atoms with Gasteiger partial charge in [0.25, 0.3) is 11.1 Å². The number of hydrogen-bond acceptors (Lipinski definition) is 8. The lowest BCUT2D eigenvalue weighted by Gasteiger charge is -2.12. The highest BCUT2D eigenvalue weighted by atomic mass is 16.3. The maximum atomic E-state index is 12.8. The average molecular weight is 609 g/mol. The Morgan fingerprint density at radius 2 is 0.913 bits per heavy atom. The summed E-state index contributed by atoms with van der Waals surface area (Å²) in [4.78, 5) is 25.6. The van der Waals surface area contributed by atoms with Gasteiger partial charge in [-0.15, -0.1) is 0 Å². The normalized spacial score (nSPS) is 10.4. The first-order valence-corrected chi connectivity index (χ1v) is 13.6. The number of benzene rings is 4. The minimum atomic E-state index is -0.382. The smallest absolute Gasteiger partial charge is 0.264 e. The maximum Gasteiger partial charge on any atom is 0.264 e. The van der Waals surface area contributed by atoms with Gasteiger partial charge in [-0.25, -0.2) is 0 Å². The number of aromatic nitrogens is 2. The van der Waals surface area contributed by atoms with Crippen LogP contribution in [0.15, 0.2) is 108 Å². The van der Waals surface area contributed by atoms with E-state index in [1.54, 1.807) is 48.8 Å². The van der Waals surface area contributed by atoms with Crippen molar-refractivity contribution in [3.05, 3.63) is 141 Å². The Balaban J connectivity index is 0.000000181. The van der Waals surface area contributed by atoms with Crippen molar-refractivity contribution < 1.29 is 20.4 Å². The summed E-state index contributed by atoms with van der Waals surface area (Å²) in [6.07, 6.45) is 6.29. The fraction of sp³-hybridized carbons (Fsp3) is 0. The molecule has 6 rings (SSSR count). The molecule has 10 nitrogen and oxygen atoms in total. The largest absolute Gasteiger partial charge is 0.508 e. The summed E-state index contributed by atoms with van der Waals surface area (Å²) in [7, 11) is 0. The number of rotatable bonds is 4. The van der Waals surface area contributed by atoms with Gasteiger partial charge < -0.3 is 20.4 Å². The molecule has 0 saturated heterocycles. The van der Waals surface area contributed by atoms with Gasteiger partial charge in [0, 0.05) is 34.5 Å². The zero-order valence-electron chi connectivity index (χ0n) is 24.0. The maximum absolute atomic E-state index is 12.8. The first kappa shape index (κ1) is 30.4. The van der Waals surface area contributed by atoms with Gasteiger partial charge in [-0.3, -0.25) is 18.7 Å². The molecule has 2 heterocycles. The lowest BCUT2D eigenvalue weighted by atomic mass is 10.0. The van der Waals surface area contributed by atoms with Crippen LogP contribution in [-0.4, -0.2) is 29.6 Å². The quantitative estimate of drug-likeness (QED) is 0.193. The van der Waals surface area contributed by atoms with E-state index in [9.17, 15) is 40.5 Å². The van der Waals surface area contributed by atoms with Gasteiger partial charge >= 0.3 is 0 Å². The van der Waals surface area contributed by atoms with Crippen LogP contribution in [0.1, 0.15) is 22.3 Å². The van der Waals surface area contributed by atoms with E-state index in [4.69, 9.17) is 0 Å². The molecule has 0 saturated carbocycles. The highest BCUT2D eigenvalue weighted by Gasteiger charge is 2.15. The molecule has 4 aromatic carbocycles. The van der Waals surface area contributed by atoms with E-state index in [0.29, 0.717) is 33.3 Å². The zero-order chi connectivity index (χ0) is 33.1. The number of nitrogens with zero attached hydrogens (tertiary/aromatic N) is 4. The van der Waals surface area contributed by atoms with Crippen molar-refractivity contribution in [2.75, 3.05) is 0 Å². The van der Waals surface area contributed by atoms with Crippen molar-refractivity contribution in [3.63, 3.8) is 0 Å². The van der Waals surface area contributed by atoms with Crippen LogP contribution < -0.4 is 11.1 Å². The van der Waals surface area contributed by atoms with Crippen molar-refractivity contribution in [3.8, 4) is 46.5 Å². The second kappa shape index (κ2) is 12.3. The minimum absolute atomic E-state index is 0.0843. The first-order valence-electron chi connectivity index (χ1n) is 13.6. The monoisotopic (exact) mass is 608 g/mol. The number of aromatic hydroxyl groups is 4. The summed E-state index contributed by atoms with van der Waals surface area (Å²) in [6, 6.07) is 21.6. The van der Waals surface area contributed by atoms with Crippen LogP contribution in [0.25, 0.3) is 45.1 Å². The average Bonchev–Trinajstić information content (AvgIpc) is 3.05. The molecule has 0 aliphatic carbocycles. The Morgan fingerprint density at radius 1 is 0.565 bits per heavy atom. The molecule has 0 spiro atoms. The summed E-state index contributed by atoms with van der Waals surface area (Å²) in [5.41, 5.74) is 1.76. The fourth-order valence-corrected chi connectivity index (χ4v) is 5.06. The molecule has 2 aromatic heterocycles. The predicted octanol–water partition coefficient (Wildman–Crippen LogP) is 5.83. The van der Waals surface area contributed by atoms with Crippen LogP contribution in [0, 0.1) is 22.7 Å². The van der Waals surface area contributed by atoms with Crippen LogP contribution in [0.2, 0.25) is 0 Å².